The van der Waals surface area contributed by atoms with Crippen LogP contribution in [0.15, 0.2) is 0 Å². The van der Waals surface area contributed by atoms with Gasteiger partial charge in [-0.2, -0.15) is 0 Å². The van der Waals surface area contributed by atoms with Crippen molar-refractivity contribution in [3.63, 3.8) is 0 Å². The molecule has 0 aromatic carbocycles. The number of unbranched alkanes of at least 4 members (excludes halogenated alkanes) is 8. The van der Waals surface area contributed by atoms with Crippen molar-refractivity contribution in [2.24, 2.45) is 0 Å². The summed E-state index contributed by atoms with van der Waals surface area (Å²) in [6.45, 7) is 3.21. The van der Waals surface area contributed by atoms with E-state index >= 15 is 0 Å². The Hall–Kier alpha value is -0.810. The van der Waals surface area contributed by atoms with E-state index in [2.05, 4.69) is 6.92 Å². The average Bonchev–Trinajstić information content (AvgIpc) is 2.59. The molecule has 142 valence electrons. The molecule has 6 heteroatoms. The number of hydrogen-bond donors (Lipinski definition) is 0. The molecule has 0 saturated carbocycles. The van der Waals surface area contributed by atoms with Gasteiger partial charge in [0.2, 0.25) is 0 Å². The maximum Gasteiger partial charge on any atom is 0.320 e. The van der Waals surface area contributed by atoms with Gasteiger partial charge in [0.15, 0.2) is 0 Å². The summed E-state index contributed by atoms with van der Waals surface area (Å²) in [7, 11) is 0. The van der Waals surface area contributed by atoms with Crippen LogP contribution in [0.4, 0.5) is 0 Å². The van der Waals surface area contributed by atoms with Gasteiger partial charge in [-0.15, -0.1) is 11.6 Å². The summed E-state index contributed by atoms with van der Waals surface area (Å²) in [5, 5.41) is 0. The Bertz CT molecular complexity index is 310. The van der Waals surface area contributed by atoms with Gasteiger partial charge in [-0.3, -0.25) is 9.59 Å². The molecular formula is C18H33ClO5. The zero-order chi connectivity index (χ0) is 17.9. The van der Waals surface area contributed by atoms with Crippen LogP contribution in [0.2, 0.25) is 0 Å². The molecule has 0 N–H and O–H groups in total. The van der Waals surface area contributed by atoms with E-state index in [4.69, 9.17) is 25.8 Å². The first-order chi connectivity index (χ1) is 11.7. The first kappa shape index (κ1) is 23.2. The van der Waals surface area contributed by atoms with Crippen molar-refractivity contribution < 1.29 is 23.8 Å². The molecule has 5 nitrogen and oxygen atoms in total. The van der Waals surface area contributed by atoms with Crippen molar-refractivity contribution in [2.45, 2.75) is 71.1 Å². The molecule has 0 aliphatic rings. The number of carbonyl (C=O) groups is 2. The molecule has 0 unspecified atom stereocenters. The molecule has 0 radical (unpaired) electrons. The number of esters is 2. The van der Waals surface area contributed by atoms with Crippen LogP contribution in [0.5, 0.6) is 0 Å². The summed E-state index contributed by atoms with van der Waals surface area (Å²) >= 11 is 5.27. The lowest BCUT2D eigenvalue weighted by Gasteiger charge is -2.06. The van der Waals surface area contributed by atoms with Crippen molar-refractivity contribution in [3.8, 4) is 0 Å². The Labute approximate surface area is 151 Å². The molecule has 0 atom stereocenters. The summed E-state index contributed by atoms with van der Waals surface area (Å²) in [5.41, 5.74) is 0. The van der Waals surface area contributed by atoms with Crippen molar-refractivity contribution in [1.82, 2.24) is 0 Å². The maximum absolute atomic E-state index is 11.5. The smallest absolute Gasteiger partial charge is 0.320 e. The second-order valence-corrected chi connectivity index (χ2v) is 6.03. The minimum absolute atomic E-state index is 0.156. The Balaban J connectivity index is 3.20. The third-order valence-corrected chi connectivity index (χ3v) is 3.79. The van der Waals surface area contributed by atoms with E-state index in [0.29, 0.717) is 13.0 Å². The van der Waals surface area contributed by atoms with Crippen LogP contribution in [0.1, 0.15) is 71.1 Å². The molecule has 0 amide bonds. The second kappa shape index (κ2) is 18.5. The van der Waals surface area contributed by atoms with Crippen LogP contribution in [0, 0.1) is 0 Å². The molecule has 24 heavy (non-hydrogen) atoms. The van der Waals surface area contributed by atoms with E-state index in [1.807, 2.05) is 0 Å². The third-order valence-electron chi connectivity index (χ3n) is 3.58. The lowest BCUT2D eigenvalue weighted by atomic mass is 10.1. The fourth-order valence-electron chi connectivity index (χ4n) is 2.22. The van der Waals surface area contributed by atoms with Crippen LogP contribution in [0.3, 0.4) is 0 Å². The van der Waals surface area contributed by atoms with Gasteiger partial charge in [0.25, 0.3) is 0 Å². The highest BCUT2D eigenvalue weighted by Crippen LogP contribution is 2.10. The zero-order valence-corrected chi connectivity index (χ0v) is 15.8. The normalized spacial score (nSPS) is 10.6. The SMILES string of the molecule is CCCCCCCCCCCC(=O)OCCOCCOC(=O)CCl. The molecule has 0 bridgehead atoms. The monoisotopic (exact) mass is 364 g/mol. The van der Waals surface area contributed by atoms with Gasteiger partial charge < -0.3 is 14.2 Å². The van der Waals surface area contributed by atoms with Crippen molar-refractivity contribution in [1.29, 1.82) is 0 Å². The summed E-state index contributed by atoms with van der Waals surface area (Å²) in [6.07, 6.45) is 11.5. The van der Waals surface area contributed by atoms with E-state index < -0.39 is 5.97 Å². The van der Waals surface area contributed by atoms with Gasteiger partial charge >= 0.3 is 11.9 Å². The summed E-state index contributed by atoms with van der Waals surface area (Å²) in [5.74, 6) is -0.793. The van der Waals surface area contributed by atoms with Crippen LogP contribution in [-0.2, 0) is 23.8 Å². The second-order valence-electron chi connectivity index (χ2n) is 5.77. The highest BCUT2D eigenvalue weighted by molar-refractivity contribution is 6.26. The summed E-state index contributed by atoms with van der Waals surface area (Å²) < 4.78 is 15.0. The number of rotatable bonds is 17. The van der Waals surface area contributed by atoms with Gasteiger partial charge in [-0.1, -0.05) is 58.3 Å². The zero-order valence-electron chi connectivity index (χ0n) is 15.0. The Morgan fingerprint density at radius 2 is 1.21 bits per heavy atom. The Morgan fingerprint density at radius 3 is 1.75 bits per heavy atom. The molecule has 0 fully saturated rings. The maximum atomic E-state index is 11.5. The van der Waals surface area contributed by atoms with Gasteiger partial charge in [0.1, 0.15) is 19.1 Å². The molecule has 0 aliphatic carbocycles. The van der Waals surface area contributed by atoms with Crippen molar-refractivity contribution >= 4 is 23.5 Å². The van der Waals surface area contributed by atoms with E-state index in [9.17, 15) is 9.59 Å². The molecule has 0 aromatic rings. The largest absolute Gasteiger partial charge is 0.463 e. The lowest BCUT2D eigenvalue weighted by molar-refractivity contribution is -0.145. The van der Waals surface area contributed by atoms with Crippen LogP contribution in [0.25, 0.3) is 0 Å². The number of halogens is 1. The summed E-state index contributed by atoms with van der Waals surface area (Å²) in [6, 6.07) is 0. The van der Waals surface area contributed by atoms with Gasteiger partial charge in [0.05, 0.1) is 13.2 Å². The quantitative estimate of drug-likeness (QED) is 0.219. The highest BCUT2D eigenvalue weighted by Gasteiger charge is 2.03. The predicted octanol–water partition coefficient (Wildman–Crippen LogP) is 4.25. The molecule has 0 saturated heterocycles. The summed E-state index contributed by atoms with van der Waals surface area (Å²) in [4.78, 5) is 22.2. The minimum atomic E-state index is -0.465. The van der Waals surface area contributed by atoms with Crippen molar-refractivity contribution in [3.05, 3.63) is 0 Å². The number of alkyl halides is 1. The van der Waals surface area contributed by atoms with Crippen LogP contribution >= 0.6 is 11.6 Å². The van der Waals surface area contributed by atoms with Crippen LogP contribution < -0.4 is 0 Å². The predicted molar refractivity (Wildman–Crippen MR) is 95.3 cm³/mol. The Morgan fingerprint density at radius 1 is 0.708 bits per heavy atom. The molecular weight excluding hydrogens is 332 g/mol. The molecule has 0 aromatic heterocycles. The van der Waals surface area contributed by atoms with Gasteiger partial charge in [0, 0.05) is 6.42 Å². The molecule has 0 heterocycles. The Kier molecular flexibility index (Phi) is 17.9. The fraction of sp³-hybridized carbons (Fsp3) is 0.889. The molecule has 0 spiro atoms. The van der Waals surface area contributed by atoms with Crippen LogP contribution in [-0.4, -0.2) is 44.2 Å². The number of hydrogen-bond acceptors (Lipinski definition) is 5. The van der Waals surface area contributed by atoms with E-state index in [1.54, 1.807) is 0 Å². The highest BCUT2D eigenvalue weighted by atomic mass is 35.5. The van der Waals surface area contributed by atoms with Gasteiger partial charge in [-0.05, 0) is 6.42 Å². The number of carbonyl (C=O) groups excluding carboxylic acids is 2. The molecule has 0 rings (SSSR count). The third kappa shape index (κ3) is 17.5. The van der Waals surface area contributed by atoms with Crippen molar-refractivity contribution in [2.75, 3.05) is 32.3 Å². The first-order valence-electron chi connectivity index (χ1n) is 9.15. The standard InChI is InChI=1S/C18H33ClO5/c1-2-3-4-5-6-7-8-9-10-11-17(20)23-14-12-22-13-15-24-18(21)16-19/h2-16H2,1H3. The molecule has 0 aliphatic heterocycles. The minimum Gasteiger partial charge on any atom is -0.463 e. The fourth-order valence-corrected chi connectivity index (χ4v) is 2.30. The average molecular weight is 365 g/mol. The lowest BCUT2D eigenvalue weighted by Crippen LogP contribution is -2.14. The van der Waals surface area contributed by atoms with E-state index in [-0.39, 0.29) is 31.7 Å². The van der Waals surface area contributed by atoms with E-state index in [0.717, 1.165) is 12.8 Å². The van der Waals surface area contributed by atoms with Gasteiger partial charge in [-0.25, -0.2) is 0 Å². The number of ether oxygens (including phenoxy) is 3. The topological polar surface area (TPSA) is 61.8 Å². The van der Waals surface area contributed by atoms with E-state index in [1.165, 1.54) is 44.9 Å². The first-order valence-corrected chi connectivity index (χ1v) is 9.69.